The monoisotopic (exact) mass is 302 g/mol. The molecule has 0 N–H and O–H groups in total. The third kappa shape index (κ3) is 11.7. The first-order valence-electron chi connectivity index (χ1n) is 7.20. The van der Waals surface area contributed by atoms with Gasteiger partial charge in [0.15, 0.2) is 0 Å². The fourth-order valence-electron chi connectivity index (χ4n) is 1.26. The molecule has 0 unspecified atom stereocenters. The van der Waals surface area contributed by atoms with Crippen molar-refractivity contribution in [3.8, 4) is 0 Å². The summed E-state index contributed by atoms with van der Waals surface area (Å²) in [5, 5.41) is 2.08. The summed E-state index contributed by atoms with van der Waals surface area (Å²) < 4.78 is 4.83. The van der Waals surface area contributed by atoms with E-state index in [4.69, 9.17) is 4.42 Å². The van der Waals surface area contributed by atoms with Gasteiger partial charge in [-0.05, 0) is 44.4 Å². The Balaban J connectivity index is 0.000000271. The number of hydrogen-bond donors (Lipinski definition) is 0. The zero-order valence-corrected chi connectivity index (χ0v) is 14.5. The van der Waals surface area contributed by atoms with Crippen LogP contribution in [0, 0.1) is 20.8 Å². The molecule has 0 fully saturated rings. The molecule has 3 aromatic rings. The maximum absolute atomic E-state index is 4.83. The molecule has 2 aromatic heterocycles. The van der Waals surface area contributed by atoms with Crippen molar-refractivity contribution in [1.29, 1.82) is 0 Å². The minimum Gasteiger partial charge on any atom is -0.470 e. The number of thiophene rings is 1. The Morgan fingerprint density at radius 1 is 0.762 bits per heavy atom. The lowest BCUT2D eigenvalue weighted by Crippen LogP contribution is -1.62. The van der Waals surface area contributed by atoms with Crippen LogP contribution in [-0.4, -0.2) is 0 Å². The van der Waals surface area contributed by atoms with E-state index in [2.05, 4.69) is 43.5 Å². The molecular formula is C19H26OS. The van der Waals surface area contributed by atoms with Gasteiger partial charge in [0.1, 0.15) is 5.76 Å². The molecule has 114 valence electrons. The Morgan fingerprint density at radius 3 is 1.62 bits per heavy atom. The van der Waals surface area contributed by atoms with E-state index in [9.17, 15) is 0 Å². The zero-order chi connectivity index (χ0) is 15.9. The molecule has 0 aliphatic heterocycles. The largest absolute Gasteiger partial charge is 0.470 e. The summed E-state index contributed by atoms with van der Waals surface area (Å²) >= 11 is 1.78. The summed E-state index contributed by atoms with van der Waals surface area (Å²) in [6.45, 7) is 10.1. The minimum absolute atomic E-state index is 0.968. The highest BCUT2D eigenvalue weighted by atomic mass is 32.1. The fourth-order valence-corrected chi connectivity index (χ4v) is 1.78. The Hall–Kier alpha value is -1.80. The summed E-state index contributed by atoms with van der Waals surface area (Å²) in [7, 11) is 0. The fraction of sp³-hybridized carbons (Fsp3) is 0.263. The summed E-state index contributed by atoms with van der Waals surface area (Å²) in [5.41, 5.74) is 1.32. The van der Waals surface area contributed by atoms with Gasteiger partial charge in [-0.25, -0.2) is 0 Å². The van der Waals surface area contributed by atoms with Gasteiger partial charge in [0.2, 0.25) is 0 Å². The molecule has 0 aliphatic rings. The third-order valence-electron chi connectivity index (χ3n) is 2.27. The number of rotatable bonds is 0. The standard InChI is InChI=1S/C7H8.C5H6O.C5H6S.C2H6/c1-7-5-3-2-4-6-7;2*1-5-3-2-4-6-5;1-2/h2-6H,1H3;2*2-4H,1H3;1-2H3. The number of hydrogen-bond acceptors (Lipinski definition) is 2. The molecule has 2 heteroatoms. The van der Waals surface area contributed by atoms with Gasteiger partial charge in [0.05, 0.1) is 6.26 Å². The maximum atomic E-state index is 4.83. The van der Waals surface area contributed by atoms with Gasteiger partial charge in [-0.2, -0.15) is 0 Å². The SMILES string of the molecule is CC.Cc1ccccc1.Cc1ccco1.Cc1cccs1. The van der Waals surface area contributed by atoms with Crippen LogP contribution < -0.4 is 0 Å². The molecule has 1 aromatic carbocycles. The van der Waals surface area contributed by atoms with Crippen LogP contribution in [0.15, 0.2) is 70.7 Å². The van der Waals surface area contributed by atoms with E-state index in [1.807, 2.05) is 51.1 Å². The average molecular weight is 302 g/mol. The number of aryl methyl sites for hydroxylation is 3. The van der Waals surface area contributed by atoms with E-state index in [-0.39, 0.29) is 0 Å². The zero-order valence-electron chi connectivity index (χ0n) is 13.7. The van der Waals surface area contributed by atoms with Crippen LogP contribution in [0.4, 0.5) is 0 Å². The van der Waals surface area contributed by atoms with Gasteiger partial charge in [0.25, 0.3) is 0 Å². The Bertz CT molecular complexity index is 478. The normalized spacial score (nSPS) is 8.24. The minimum atomic E-state index is 0.968. The molecule has 1 nitrogen and oxygen atoms in total. The maximum Gasteiger partial charge on any atom is 0.100 e. The average Bonchev–Trinajstić information content (AvgIpc) is 3.17. The molecule has 2 heterocycles. The van der Waals surface area contributed by atoms with Crippen LogP contribution in [0.3, 0.4) is 0 Å². The van der Waals surface area contributed by atoms with E-state index >= 15 is 0 Å². The van der Waals surface area contributed by atoms with E-state index in [0.29, 0.717) is 0 Å². The molecule has 0 saturated heterocycles. The Labute approximate surface area is 133 Å². The van der Waals surface area contributed by atoms with E-state index in [0.717, 1.165) is 5.76 Å². The highest BCUT2D eigenvalue weighted by molar-refractivity contribution is 7.09. The Kier molecular flexibility index (Phi) is 12.1. The van der Waals surface area contributed by atoms with Crippen molar-refractivity contribution in [2.75, 3.05) is 0 Å². The van der Waals surface area contributed by atoms with Gasteiger partial charge in [0, 0.05) is 4.88 Å². The van der Waals surface area contributed by atoms with Gasteiger partial charge in [-0.3, -0.25) is 0 Å². The quantitative estimate of drug-likeness (QED) is 0.452. The van der Waals surface area contributed by atoms with Crippen molar-refractivity contribution >= 4 is 11.3 Å². The van der Waals surface area contributed by atoms with Crippen molar-refractivity contribution in [1.82, 2.24) is 0 Å². The molecule has 0 saturated carbocycles. The number of furan rings is 1. The topological polar surface area (TPSA) is 13.1 Å². The molecule has 3 rings (SSSR count). The lowest BCUT2D eigenvalue weighted by Gasteiger charge is -1.82. The van der Waals surface area contributed by atoms with Gasteiger partial charge < -0.3 is 4.42 Å². The first-order valence-corrected chi connectivity index (χ1v) is 8.08. The molecule has 0 aliphatic carbocycles. The van der Waals surface area contributed by atoms with Crippen molar-refractivity contribution < 1.29 is 4.42 Å². The van der Waals surface area contributed by atoms with Crippen LogP contribution >= 0.6 is 11.3 Å². The second-order valence-corrected chi connectivity index (χ2v) is 5.25. The predicted molar refractivity (Wildman–Crippen MR) is 95.0 cm³/mol. The molecule has 0 bridgehead atoms. The highest BCUT2D eigenvalue weighted by Crippen LogP contribution is 2.03. The smallest absolute Gasteiger partial charge is 0.100 e. The summed E-state index contributed by atoms with van der Waals surface area (Å²) in [4.78, 5) is 1.38. The molecule has 0 atom stereocenters. The Morgan fingerprint density at radius 2 is 1.43 bits per heavy atom. The molecule has 0 amide bonds. The second kappa shape index (κ2) is 13.2. The van der Waals surface area contributed by atoms with Gasteiger partial charge in [-0.15, -0.1) is 11.3 Å². The molecule has 21 heavy (non-hydrogen) atoms. The van der Waals surface area contributed by atoms with Crippen molar-refractivity contribution in [3.63, 3.8) is 0 Å². The third-order valence-corrected chi connectivity index (χ3v) is 3.07. The van der Waals surface area contributed by atoms with E-state index in [1.54, 1.807) is 17.6 Å². The van der Waals surface area contributed by atoms with Gasteiger partial charge in [-0.1, -0.05) is 55.8 Å². The molecule has 0 radical (unpaired) electrons. The van der Waals surface area contributed by atoms with Gasteiger partial charge >= 0.3 is 0 Å². The van der Waals surface area contributed by atoms with Crippen LogP contribution in [0.2, 0.25) is 0 Å². The molecular weight excluding hydrogens is 276 g/mol. The van der Waals surface area contributed by atoms with E-state index < -0.39 is 0 Å². The first-order chi connectivity index (χ1) is 10.2. The summed E-state index contributed by atoms with van der Waals surface area (Å²) in [6, 6.07) is 18.2. The second-order valence-electron chi connectivity index (χ2n) is 4.10. The predicted octanol–water partition coefficient (Wildman–Crippen LogP) is 6.67. The lowest BCUT2D eigenvalue weighted by atomic mass is 10.2. The first kappa shape index (κ1) is 19.2. The van der Waals surface area contributed by atoms with Crippen molar-refractivity contribution in [2.45, 2.75) is 34.6 Å². The highest BCUT2D eigenvalue weighted by Gasteiger charge is 1.76. The molecule has 0 spiro atoms. The summed E-state index contributed by atoms with van der Waals surface area (Å²) in [6.07, 6.45) is 1.66. The van der Waals surface area contributed by atoms with Crippen LogP contribution in [-0.2, 0) is 0 Å². The van der Waals surface area contributed by atoms with E-state index in [1.165, 1.54) is 10.4 Å². The number of benzene rings is 1. The van der Waals surface area contributed by atoms with Crippen LogP contribution in [0.25, 0.3) is 0 Å². The van der Waals surface area contributed by atoms with Crippen LogP contribution in [0.5, 0.6) is 0 Å². The summed E-state index contributed by atoms with van der Waals surface area (Å²) in [5.74, 6) is 0.968. The lowest BCUT2D eigenvalue weighted by molar-refractivity contribution is 0.534. The van der Waals surface area contributed by atoms with Crippen molar-refractivity contribution in [2.24, 2.45) is 0 Å². The van der Waals surface area contributed by atoms with Crippen molar-refractivity contribution in [3.05, 3.63) is 82.4 Å². The van der Waals surface area contributed by atoms with Crippen LogP contribution in [0.1, 0.15) is 30.0 Å².